The smallest absolute Gasteiger partial charge is 0.162 e. The van der Waals surface area contributed by atoms with E-state index in [1.165, 1.54) is 0 Å². The Labute approximate surface area is 286 Å². The van der Waals surface area contributed by atoms with Crippen LogP contribution in [0.3, 0.4) is 0 Å². The average molecular weight is 710 g/mol. The predicted octanol–water partition coefficient (Wildman–Crippen LogP) is 4.83. The van der Waals surface area contributed by atoms with E-state index >= 15 is 0 Å². The minimum Gasteiger partial charge on any atom is -0.504 e. The van der Waals surface area contributed by atoms with Crippen LogP contribution in [0.1, 0.15) is 49.1 Å². The molecule has 4 aromatic heterocycles. The summed E-state index contributed by atoms with van der Waals surface area (Å²) < 4.78 is 0. The summed E-state index contributed by atoms with van der Waals surface area (Å²) in [6, 6.07) is 27.8. The number of phenolic OH excluding ortho intramolecular Hbond substituents is 1. The van der Waals surface area contributed by atoms with E-state index in [0.29, 0.717) is 26.2 Å². The van der Waals surface area contributed by atoms with Gasteiger partial charge in [0.2, 0.25) is 0 Å². The summed E-state index contributed by atoms with van der Waals surface area (Å²) in [6.07, 6.45) is 7.19. The maximum absolute atomic E-state index is 12.1. The fourth-order valence-corrected chi connectivity index (χ4v) is 4.72. The summed E-state index contributed by atoms with van der Waals surface area (Å²) in [7, 11) is 0. The molecule has 9 nitrogen and oxygen atoms in total. The van der Waals surface area contributed by atoms with E-state index in [2.05, 4.69) is 62.6 Å². The number of phenols is 1. The molecule has 0 aliphatic rings. The molecule has 11 heteroatoms. The van der Waals surface area contributed by atoms with Crippen LogP contribution < -0.4 is 9.80 Å². The first-order valence-corrected chi connectivity index (χ1v) is 13.8. The third-order valence-corrected chi connectivity index (χ3v) is 6.93. The third kappa shape index (κ3) is 10.6. The molecule has 0 saturated heterocycles. The fourth-order valence-electron chi connectivity index (χ4n) is 4.72. The first kappa shape index (κ1) is 39.2. The molecule has 45 heavy (non-hydrogen) atoms. The van der Waals surface area contributed by atoms with Gasteiger partial charge in [-0.05, 0) is 71.6 Å². The summed E-state index contributed by atoms with van der Waals surface area (Å²) in [4.78, 5) is 22.6. The van der Waals surface area contributed by atoms with Crippen molar-refractivity contribution < 1.29 is 50.2 Å². The largest absolute Gasteiger partial charge is 0.504 e. The quantitative estimate of drug-likeness (QED) is 0.162. The molecule has 0 spiro atoms. The molecule has 7 N–H and O–H groups in total. The van der Waals surface area contributed by atoms with Crippen LogP contribution in [0.2, 0.25) is 0 Å². The molecule has 5 rings (SSSR count). The van der Waals surface area contributed by atoms with Crippen LogP contribution in [0, 0.1) is 0 Å². The van der Waals surface area contributed by atoms with Gasteiger partial charge in [0, 0.05) is 58.9 Å². The Kier molecular flexibility index (Phi) is 15.9. The van der Waals surface area contributed by atoms with Crippen molar-refractivity contribution >= 4 is 11.4 Å². The second-order valence-corrected chi connectivity index (χ2v) is 11.1. The number of pyridine rings is 4. The molecule has 0 atom stereocenters. The van der Waals surface area contributed by atoms with Gasteiger partial charge in [0.25, 0.3) is 0 Å². The fraction of sp³-hybridized carbons (Fsp3) is 0.235. The summed E-state index contributed by atoms with van der Waals surface area (Å²) in [6.45, 7) is 8.62. The SMILES string of the molecule is CC(C)(C)c1cc(N(Cc2ccccn2)Cc2ccccn2)c(O)c(N(Cc2ccccn2)Cc2ccccn2)c1.[Cu].[Cu].[OH3+].[OH3+]. The summed E-state index contributed by atoms with van der Waals surface area (Å²) >= 11 is 0. The normalized spacial score (nSPS) is 10.3. The molecule has 0 aliphatic carbocycles. The number of benzene rings is 1. The van der Waals surface area contributed by atoms with Crippen LogP contribution in [0.5, 0.6) is 5.75 Å². The van der Waals surface area contributed by atoms with Crippen LogP contribution in [-0.4, -0.2) is 25.0 Å². The van der Waals surface area contributed by atoms with Crippen molar-refractivity contribution in [3.8, 4) is 5.75 Å². The van der Waals surface area contributed by atoms with Gasteiger partial charge in [-0.1, -0.05) is 45.0 Å². The van der Waals surface area contributed by atoms with Crippen molar-refractivity contribution in [3.05, 3.63) is 138 Å². The van der Waals surface area contributed by atoms with E-state index in [4.69, 9.17) is 0 Å². The monoisotopic (exact) mass is 708 g/mol. The van der Waals surface area contributed by atoms with Gasteiger partial charge in [0.05, 0.1) is 60.3 Å². The molecular weight excluding hydrogens is 668 g/mol. The van der Waals surface area contributed by atoms with Crippen LogP contribution in [0.25, 0.3) is 0 Å². The summed E-state index contributed by atoms with van der Waals surface area (Å²) in [5, 5.41) is 12.1. The van der Waals surface area contributed by atoms with Gasteiger partial charge in [0.15, 0.2) is 5.75 Å². The predicted molar refractivity (Wildman–Crippen MR) is 173 cm³/mol. The van der Waals surface area contributed by atoms with Gasteiger partial charge in [-0.15, -0.1) is 0 Å². The molecule has 0 bridgehead atoms. The minimum absolute atomic E-state index is 0. The van der Waals surface area contributed by atoms with Crippen molar-refractivity contribution in [2.75, 3.05) is 9.80 Å². The molecule has 0 unspecified atom stereocenters. The Balaban J connectivity index is 0.00000253. The Bertz CT molecular complexity index is 1350. The number of aromatic nitrogens is 4. The molecule has 246 valence electrons. The zero-order valence-electron chi connectivity index (χ0n) is 25.6. The Hall–Kier alpha value is -3.82. The molecule has 1 aromatic carbocycles. The van der Waals surface area contributed by atoms with Crippen LogP contribution in [0.4, 0.5) is 11.4 Å². The maximum atomic E-state index is 12.1. The molecule has 0 saturated carbocycles. The first-order valence-electron chi connectivity index (χ1n) is 13.8. The molecule has 4 heterocycles. The van der Waals surface area contributed by atoms with Gasteiger partial charge in [0.1, 0.15) is 0 Å². The van der Waals surface area contributed by atoms with E-state index in [1.807, 2.05) is 72.8 Å². The topological polar surface area (TPSA) is 144 Å². The molecule has 0 amide bonds. The van der Waals surface area contributed by atoms with Gasteiger partial charge >= 0.3 is 0 Å². The molecule has 2 radical (unpaired) electrons. The standard InChI is InChI=1S/C34H36N6O.2Cu.2H2O/c1-34(2,3)26-20-31(39(22-27-12-4-8-16-35-27)23-28-13-5-9-17-36-28)33(41)32(21-26)40(24-29-14-6-10-18-37-29)25-30-15-7-11-19-38-30;;;;/h4-21,41H,22-25H2,1-3H3;;;2*1H2/p+2. The van der Waals surface area contributed by atoms with Gasteiger partial charge in [-0.2, -0.15) is 0 Å². The Morgan fingerprint density at radius 2 is 0.822 bits per heavy atom. The molecule has 5 aromatic rings. The second kappa shape index (κ2) is 18.2. The van der Waals surface area contributed by atoms with Crippen molar-refractivity contribution in [3.63, 3.8) is 0 Å². The average Bonchev–Trinajstić information content (AvgIpc) is 2.98. The van der Waals surface area contributed by atoms with E-state index in [0.717, 1.165) is 39.7 Å². The van der Waals surface area contributed by atoms with Gasteiger partial charge in [-0.3, -0.25) is 19.9 Å². The van der Waals surface area contributed by atoms with Crippen molar-refractivity contribution in [2.24, 2.45) is 0 Å². The number of hydrogen-bond donors (Lipinski definition) is 1. The van der Waals surface area contributed by atoms with Gasteiger partial charge < -0.3 is 25.9 Å². The van der Waals surface area contributed by atoms with E-state index < -0.39 is 0 Å². The minimum atomic E-state index is -0.166. The Morgan fingerprint density at radius 1 is 0.533 bits per heavy atom. The van der Waals surface area contributed by atoms with E-state index in [1.54, 1.807) is 24.8 Å². The van der Waals surface area contributed by atoms with E-state index in [-0.39, 0.29) is 56.3 Å². The molecule has 0 fully saturated rings. The number of anilines is 2. The summed E-state index contributed by atoms with van der Waals surface area (Å²) in [5.41, 5.74) is 6.04. The zero-order chi connectivity index (χ0) is 28.7. The van der Waals surface area contributed by atoms with Crippen molar-refractivity contribution in [2.45, 2.75) is 52.4 Å². The summed E-state index contributed by atoms with van der Waals surface area (Å²) in [5.74, 6) is 0.205. The number of hydrogen-bond acceptors (Lipinski definition) is 7. The molecular formula is C34H42Cu2N6O3+2. The Morgan fingerprint density at radius 3 is 1.04 bits per heavy atom. The number of rotatable bonds is 10. The van der Waals surface area contributed by atoms with Crippen LogP contribution >= 0.6 is 0 Å². The third-order valence-electron chi connectivity index (χ3n) is 6.93. The number of nitrogens with zero attached hydrogens (tertiary/aromatic N) is 6. The first-order chi connectivity index (χ1) is 19.9. The van der Waals surface area contributed by atoms with Gasteiger partial charge in [-0.25, -0.2) is 0 Å². The molecule has 0 aliphatic heterocycles. The van der Waals surface area contributed by atoms with Crippen molar-refractivity contribution in [1.82, 2.24) is 19.9 Å². The maximum Gasteiger partial charge on any atom is 0.162 e. The van der Waals surface area contributed by atoms with Crippen LogP contribution in [0.15, 0.2) is 110 Å². The second-order valence-electron chi connectivity index (χ2n) is 11.1. The zero-order valence-corrected chi connectivity index (χ0v) is 27.5. The van der Waals surface area contributed by atoms with E-state index in [9.17, 15) is 5.11 Å². The van der Waals surface area contributed by atoms with Crippen LogP contribution in [-0.2, 0) is 76.7 Å². The number of aromatic hydroxyl groups is 1. The van der Waals surface area contributed by atoms with Crippen molar-refractivity contribution in [1.29, 1.82) is 0 Å².